The van der Waals surface area contributed by atoms with Gasteiger partial charge in [0.1, 0.15) is 18.3 Å². The molecule has 8 unspecified atom stereocenters. The lowest BCUT2D eigenvalue weighted by atomic mass is 9.49. The van der Waals surface area contributed by atoms with Gasteiger partial charge in [-0.25, -0.2) is 4.79 Å². The van der Waals surface area contributed by atoms with Crippen LogP contribution in [-0.2, 0) is 47.7 Å². The van der Waals surface area contributed by atoms with Gasteiger partial charge in [-0.05, 0) is 65.4 Å². The van der Waals surface area contributed by atoms with Gasteiger partial charge in [0.05, 0.1) is 5.41 Å². The second-order valence-electron chi connectivity index (χ2n) is 13.6. The first-order valence-corrected chi connectivity index (χ1v) is 16.0. The summed E-state index contributed by atoms with van der Waals surface area (Å²) in [5.74, 6) is -3.57. The lowest BCUT2D eigenvalue weighted by Crippen LogP contribution is -2.64. The van der Waals surface area contributed by atoms with E-state index < -0.39 is 77.1 Å². The molecule has 3 aliphatic rings. The quantitative estimate of drug-likeness (QED) is 0.157. The van der Waals surface area contributed by atoms with Gasteiger partial charge in [-0.15, -0.1) is 0 Å². The fourth-order valence-corrected chi connectivity index (χ4v) is 8.02. The molecule has 3 aliphatic carbocycles. The van der Waals surface area contributed by atoms with Crippen LogP contribution < -0.4 is 0 Å². The molecule has 10 heteroatoms. The van der Waals surface area contributed by atoms with E-state index in [1.807, 2.05) is 58.0 Å². The molecule has 1 aromatic rings. The maximum Gasteiger partial charge on any atom is 0.331 e. The number of benzene rings is 1. The van der Waals surface area contributed by atoms with Crippen molar-refractivity contribution in [3.63, 3.8) is 0 Å². The number of ether oxygens (including phenoxy) is 5. The van der Waals surface area contributed by atoms with Gasteiger partial charge >= 0.3 is 29.8 Å². The minimum Gasteiger partial charge on any atom is -0.462 e. The second kappa shape index (κ2) is 13.9. The SMILES string of the molecule is C=C1C(OC(=O)/C=C/c2ccccc2)CC(OC(C)=O)C2(C)C1CC1CC(OC(C)=O)C(C)=C(C(OC(C)=O)C2OC(C)=O)C1(C)C. The van der Waals surface area contributed by atoms with Crippen LogP contribution in [0.15, 0.2) is 59.7 Å². The molecule has 0 aliphatic heterocycles. The van der Waals surface area contributed by atoms with Crippen LogP contribution in [0.4, 0.5) is 0 Å². The van der Waals surface area contributed by atoms with Crippen LogP contribution in [0.3, 0.4) is 0 Å². The molecule has 0 spiro atoms. The summed E-state index contributed by atoms with van der Waals surface area (Å²) in [7, 11) is 0. The Morgan fingerprint density at radius 1 is 0.766 bits per heavy atom. The Bertz CT molecular complexity index is 1490. The maximum atomic E-state index is 13.1. The van der Waals surface area contributed by atoms with Crippen molar-refractivity contribution in [2.24, 2.45) is 22.7 Å². The van der Waals surface area contributed by atoms with E-state index >= 15 is 0 Å². The summed E-state index contributed by atoms with van der Waals surface area (Å²) in [4.78, 5) is 63.6. The first-order valence-electron chi connectivity index (χ1n) is 16.0. The number of esters is 5. The molecule has 2 fully saturated rings. The Kier molecular flexibility index (Phi) is 10.5. The predicted molar refractivity (Wildman–Crippen MR) is 172 cm³/mol. The topological polar surface area (TPSA) is 132 Å². The maximum absolute atomic E-state index is 13.1. The van der Waals surface area contributed by atoms with E-state index in [-0.39, 0.29) is 12.3 Å². The van der Waals surface area contributed by atoms with E-state index in [4.69, 9.17) is 23.7 Å². The van der Waals surface area contributed by atoms with Crippen LogP contribution >= 0.6 is 0 Å². The smallest absolute Gasteiger partial charge is 0.331 e. The molecule has 254 valence electrons. The lowest BCUT2D eigenvalue weighted by Gasteiger charge is -2.59. The zero-order chi connectivity index (χ0) is 34.8. The van der Waals surface area contributed by atoms with Crippen molar-refractivity contribution < 1.29 is 47.7 Å². The summed E-state index contributed by atoms with van der Waals surface area (Å²) in [6.45, 7) is 17.4. The fraction of sp³-hybridized carbons (Fsp3) is 0.541. The summed E-state index contributed by atoms with van der Waals surface area (Å²) < 4.78 is 29.9. The molecule has 0 heterocycles. The van der Waals surface area contributed by atoms with Crippen molar-refractivity contribution in [1.82, 2.24) is 0 Å². The highest BCUT2D eigenvalue weighted by Crippen LogP contribution is 2.61. The predicted octanol–water partition coefficient (Wildman–Crippen LogP) is 5.69. The van der Waals surface area contributed by atoms with E-state index in [9.17, 15) is 24.0 Å². The zero-order valence-corrected chi connectivity index (χ0v) is 28.5. The third-order valence-corrected chi connectivity index (χ3v) is 10.2. The number of hydrogen-bond donors (Lipinski definition) is 0. The van der Waals surface area contributed by atoms with Crippen molar-refractivity contribution >= 4 is 35.9 Å². The van der Waals surface area contributed by atoms with Gasteiger partial charge in [0.2, 0.25) is 0 Å². The Hall–Kier alpha value is -4.21. The molecular formula is C37H46O10. The molecule has 4 rings (SSSR count). The Morgan fingerprint density at radius 3 is 1.94 bits per heavy atom. The van der Waals surface area contributed by atoms with Gasteiger partial charge in [-0.2, -0.15) is 0 Å². The Morgan fingerprint density at radius 2 is 1.36 bits per heavy atom. The van der Waals surface area contributed by atoms with Crippen molar-refractivity contribution in [3.8, 4) is 0 Å². The van der Waals surface area contributed by atoms with Crippen molar-refractivity contribution in [1.29, 1.82) is 0 Å². The van der Waals surface area contributed by atoms with Crippen molar-refractivity contribution in [3.05, 3.63) is 65.3 Å². The number of carbonyl (C=O) groups is 5. The summed E-state index contributed by atoms with van der Waals surface area (Å²) in [6.07, 6.45) is -0.715. The summed E-state index contributed by atoms with van der Waals surface area (Å²) >= 11 is 0. The molecule has 10 nitrogen and oxygen atoms in total. The van der Waals surface area contributed by atoms with E-state index in [0.29, 0.717) is 29.6 Å². The van der Waals surface area contributed by atoms with E-state index in [0.717, 1.165) is 5.56 Å². The molecular weight excluding hydrogens is 604 g/mol. The highest BCUT2D eigenvalue weighted by Gasteiger charge is 2.64. The highest BCUT2D eigenvalue weighted by molar-refractivity contribution is 5.87. The lowest BCUT2D eigenvalue weighted by molar-refractivity contribution is -0.212. The fourth-order valence-electron chi connectivity index (χ4n) is 8.02. The highest BCUT2D eigenvalue weighted by atomic mass is 16.6. The molecule has 8 atom stereocenters. The van der Waals surface area contributed by atoms with Crippen LogP contribution in [0, 0.1) is 22.7 Å². The van der Waals surface area contributed by atoms with Gasteiger partial charge in [0, 0.05) is 40.2 Å². The molecule has 47 heavy (non-hydrogen) atoms. The molecule has 0 saturated heterocycles. The monoisotopic (exact) mass is 650 g/mol. The van der Waals surface area contributed by atoms with Crippen LogP contribution in [-0.4, -0.2) is 60.4 Å². The summed E-state index contributed by atoms with van der Waals surface area (Å²) in [5.41, 5.74) is 0.978. The summed E-state index contributed by atoms with van der Waals surface area (Å²) in [6, 6.07) is 9.30. The van der Waals surface area contributed by atoms with Gasteiger partial charge in [-0.1, -0.05) is 57.7 Å². The van der Waals surface area contributed by atoms with Crippen LogP contribution in [0.25, 0.3) is 6.08 Å². The standard InChI is InChI=1S/C37H46O10/c1-20-28-17-27-18-29(43-22(3)38)21(2)33(36(27,7)8)34(45-24(5)40)35(46-25(6)41)37(28,9)31(44-23(4)39)19-30(20)47-32(42)16-15-26-13-11-10-12-14-26/h10-16,27-31,34-35H,1,17-19H2,2-9H3/b16-15+. The van der Waals surface area contributed by atoms with E-state index in [1.165, 1.54) is 33.8 Å². The number of hydrogen-bond acceptors (Lipinski definition) is 10. The van der Waals surface area contributed by atoms with Crippen LogP contribution in [0.1, 0.15) is 80.2 Å². The largest absolute Gasteiger partial charge is 0.462 e. The number of fused-ring (bicyclic) bond motifs is 3. The van der Waals surface area contributed by atoms with Crippen molar-refractivity contribution in [2.75, 3.05) is 0 Å². The number of rotatable bonds is 7. The molecule has 2 saturated carbocycles. The average Bonchev–Trinajstić information content (AvgIpc) is 2.96. The van der Waals surface area contributed by atoms with E-state index in [2.05, 4.69) is 6.58 Å². The van der Waals surface area contributed by atoms with Gasteiger partial charge in [0.25, 0.3) is 0 Å². The minimum absolute atomic E-state index is 0.0447. The number of carbonyl (C=O) groups excluding carboxylic acids is 5. The first-order chi connectivity index (χ1) is 22.0. The van der Waals surface area contributed by atoms with Gasteiger partial charge in [-0.3, -0.25) is 19.2 Å². The molecule has 0 N–H and O–H groups in total. The average molecular weight is 651 g/mol. The van der Waals surface area contributed by atoms with Crippen molar-refractivity contribution in [2.45, 2.75) is 105 Å². The first kappa shape index (κ1) is 35.6. The minimum atomic E-state index is -1.17. The molecule has 0 radical (unpaired) electrons. The zero-order valence-electron chi connectivity index (χ0n) is 28.5. The molecule has 2 bridgehead atoms. The molecule has 0 aromatic heterocycles. The molecule has 0 amide bonds. The van der Waals surface area contributed by atoms with Gasteiger partial charge in [0.15, 0.2) is 12.2 Å². The summed E-state index contributed by atoms with van der Waals surface area (Å²) in [5, 5.41) is 0. The second-order valence-corrected chi connectivity index (χ2v) is 13.6. The Balaban J connectivity index is 1.89. The van der Waals surface area contributed by atoms with E-state index in [1.54, 1.807) is 6.08 Å². The third kappa shape index (κ3) is 7.36. The van der Waals surface area contributed by atoms with Crippen LogP contribution in [0.5, 0.6) is 0 Å². The van der Waals surface area contributed by atoms with Gasteiger partial charge < -0.3 is 23.7 Å². The Labute approximate surface area is 276 Å². The third-order valence-electron chi connectivity index (χ3n) is 10.2. The van der Waals surface area contributed by atoms with Crippen LogP contribution in [0.2, 0.25) is 0 Å². The normalized spacial score (nSPS) is 31.5. The molecule has 1 aromatic carbocycles.